The van der Waals surface area contributed by atoms with E-state index in [0.717, 1.165) is 43.6 Å². The fraction of sp³-hybridized carbons (Fsp3) is 0.467. The van der Waals surface area contributed by atoms with E-state index in [2.05, 4.69) is 26.1 Å². The minimum absolute atomic E-state index is 0.230. The van der Waals surface area contributed by atoms with Gasteiger partial charge >= 0.3 is 0 Å². The van der Waals surface area contributed by atoms with E-state index in [1.807, 2.05) is 0 Å². The monoisotopic (exact) mass is 340 g/mol. The predicted octanol–water partition coefficient (Wildman–Crippen LogP) is 3.22. The van der Waals surface area contributed by atoms with Gasteiger partial charge in [0.25, 0.3) is 0 Å². The second-order valence-corrected chi connectivity index (χ2v) is 6.45. The maximum atomic E-state index is 13.9. The number of rotatable bonds is 4. The average Bonchev–Trinajstić information content (AvgIpc) is 3.01. The van der Waals surface area contributed by atoms with Crippen molar-refractivity contribution in [1.29, 1.82) is 0 Å². The zero-order valence-electron chi connectivity index (χ0n) is 12.4. The van der Waals surface area contributed by atoms with Crippen LogP contribution in [-0.2, 0) is 13.0 Å². The molecule has 7 heteroatoms. The molecule has 1 aliphatic rings. The Bertz CT molecular complexity index is 620. The first-order chi connectivity index (χ1) is 10.7. The number of benzene rings is 1. The summed E-state index contributed by atoms with van der Waals surface area (Å²) in [4.78, 5) is 8.99. The van der Waals surface area contributed by atoms with E-state index in [0.29, 0.717) is 17.1 Å². The van der Waals surface area contributed by atoms with Gasteiger partial charge < -0.3 is 4.90 Å². The number of anilines is 1. The molecule has 2 aromatic rings. The van der Waals surface area contributed by atoms with Crippen LogP contribution in [0.5, 0.6) is 0 Å². The second-order valence-electron chi connectivity index (χ2n) is 5.31. The van der Waals surface area contributed by atoms with E-state index < -0.39 is 0 Å². The summed E-state index contributed by atoms with van der Waals surface area (Å²) in [5.74, 6) is 0.673. The Morgan fingerprint density at radius 2 is 2.05 bits per heavy atom. The first-order valence-corrected chi connectivity index (χ1v) is 8.55. The number of halogens is 2. The van der Waals surface area contributed by atoms with Crippen molar-refractivity contribution < 1.29 is 4.39 Å². The van der Waals surface area contributed by atoms with Crippen molar-refractivity contribution in [3.8, 4) is 0 Å². The molecule has 118 valence electrons. The average molecular weight is 341 g/mol. The van der Waals surface area contributed by atoms with Crippen LogP contribution in [0.1, 0.15) is 18.3 Å². The van der Waals surface area contributed by atoms with Crippen molar-refractivity contribution in [3.05, 3.63) is 40.4 Å². The molecular weight excluding hydrogens is 323 g/mol. The van der Waals surface area contributed by atoms with Crippen molar-refractivity contribution in [1.82, 2.24) is 14.3 Å². The SMILES string of the molecule is CCc1nsc(N2CCN(Cc3c(F)cccc3Cl)CC2)n1. The van der Waals surface area contributed by atoms with Crippen molar-refractivity contribution >= 4 is 28.3 Å². The van der Waals surface area contributed by atoms with Crippen LogP contribution in [0.4, 0.5) is 9.52 Å². The van der Waals surface area contributed by atoms with E-state index in [1.54, 1.807) is 12.1 Å². The van der Waals surface area contributed by atoms with Crippen LogP contribution in [0.25, 0.3) is 0 Å². The van der Waals surface area contributed by atoms with Crippen molar-refractivity contribution in [2.75, 3.05) is 31.1 Å². The summed E-state index contributed by atoms with van der Waals surface area (Å²) in [6.45, 7) is 6.10. The summed E-state index contributed by atoms with van der Waals surface area (Å²) in [6, 6.07) is 4.84. The third-order valence-electron chi connectivity index (χ3n) is 3.86. The fourth-order valence-corrected chi connectivity index (χ4v) is 3.55. The highest BCUT2D eigenvalue weighted by molar-refractivity contribution is 7.09. The zero-order valence-corrected chi connectivity index (χ0v) is 14.0. The van der Waals surface area contributed by atoms with E-state index in [4.69, 9.17) is 11.6 Å². The maximum Gasteiger partial charge on any atom is 0.205 e. The van der Waals surface area contributed by atoms with Crippen molar-refractivity contribution in [2.24, 2.45) is 0 Å². The summed E-state index contributed by atoms with van der Waals surface area (Å²) in [6.07, 6.45) is 0.863. The third-order valence-corrected chi connectivity index (χ3v) is 5.03. The third kappa shape index (κ3) is 3.39. The standard InChI is InChI=1S/C15H18ClFN4S/c1-2-14-18-15(22-19-14)21-8-6-20(7-9-21)10-11-12(16)4-3-5-13(11)17/h3-5H,2,6-10H2,1H3. The molecule has 0 amide bonds. The highest BCUT2D eigenvalue weighted by atomic mass is 35.5. The number of nitrogens with zero attached hydrogens (tertiary/aromatic N) is 4. The molecule has 1 aromatic heterocycles. The van der Waals surface area contributed by atoms with Gasteiger partial charge in [-0.1, -0.05) is 24.6 Å². The Labute approximate surface area is 138 Å². The molecule has 0 atom stereocenters. The minimum Gasteiger partial charge on any atom is -0.344 e. The molecule has 1 aliphatic heterocycles. The van der Waals surface area contributed by atoms with E-state index in [-0.39, 0.29) is 5.82 Å². The molecule has 0 saturated carbocycles. The minimum atomic E-state index is -0.230. The lowest BCUT2D eigenvalue weighted by Crippen LogP contribution is -2.46. The van der Waals surface area contributed by atoms with E-state index in [1.165, 1.54) is 17.6 Å². The molecule has 0 radical (unpaired) electrons. The molecular formula is C15H18ClFN4S. The van der Waals surface area contributed by atoms with Crippen LogP contribution in [0, 0.1) is 5.82 Å². The van der Waals surface area contributed by atoms with Gasteiger partial charge in [-0.2, -0.15) is 4.37 Å². The van der Waals surface area contributed by atoms with Gasteiger partial charge in [0, 0.05) is 61.3 Å². The van der Waals surface area contributed by atoms with Gasteiger partial charge in [0.15, 0.2) is 0 Å². The topological polar surface area (TPSA) is 32.3 Å². The highest BCUT2D eigenvalue weighted by Crippen LogP contribution is 2.23. The molecule has 0 aliphatic carbocycles. The largest absolute Gasteiger partial charge is 0.344 e. The Hall–Kier alpha value is -1.24. The predicted molar refractivity (Wildman–Crippen MR) is 88.2 cm³/mol. The summed E-state index contributed by atoms with van der Waals surface area (Å²) >= 11 is 7.55. The Morgan fingerprint density at radius 1 is 1.27 bits per heavy atom. The smallest absolute Gasteiger partial charge is 0.205 e. The molecule has 4 nitrogen and oxygen atoms in total. The first kappa shape index (κ1) is 15.6. The van der Waals surface area contributed by atoms with Gasteiger partial charge in [0.1, 0.15) is 11.6 Å². The summed E-state index contributed by atoms with van der Waals surface area (Å²) in [5.41, 5.74) is 0.585. The number of aryl methyl sites for hydroxylation is 1. The van der Waals surface area contributed by atoms with Gasteiger partial charge in [-0.05, 0) is 12.1 Å². The molecule has 0 spiro atoms. The lowest BCUT2D eigenvalue weighted by atomic mass is 10.2. The lowest BCUT2D eigenvalue weighted by Gasteiger charge is -2.34. The molecule has 2 heterocycles. The van der Waals surface area contributed by atoms with Crippen LogP contribution in [0.2, 0.25) is 5.02 Å². The Kier molecular flexibility index (Phi) is 4.90. The number of piperazine rings is 1. The second kappa shape index (κ2) is 6.89. The number of aromatic nitrogens is 2. The maximum absolute atomic E-state index is 13.9. The van der Waals surface area contributed by atoms with Crippen LogP contribution in [0.3, 0.4) is 0 Å². The molecule has 0 N–H and O–H groups in total. The fourth-order valence-electron chi connectivity index (χ4n) is 2.52. The molecule has 1 aromatic carbocycles. The Balaban J connectivity index is 1.60. The zero-order chi connectivity index (χ0) is 15.5. The van der Waals surface area contributed by atoms with Crippen LogP contribution >= 0.6 is 23.1 Å². The quantitative estimate of drug-likeness (QED) is 0.855. The molecule has 0 unspecified atom stereocenters. The summed E-state index contributed by atoms with van der Waals surface area (Å²) in [5, 5.41) is 1.49. The molecule has 0 bridgehead atoms. The van der Waals surface area contributed by atoms with Crippen molar-refractivity contribution in [3.63, 3.8) is 0 Å². The molecule has 1 saturated heterocycles. The van der Waals surface area contributed by atoms with E-state index in [9.17, 15) is 4.39 Å². The first-order valence-electron chi connectivity index (χ1n) is 7.40. The molecule has 1 fully saturated rings. The van der Waals surface area contributed by atoms with Gasteiger partial charge in [0.05, 0.1) is 0 Å². The van der Waals surface area contributed by atoms with Gasteiger partial charge in [-0.15, -0.1) is 0 Å². The molecule has 3 rings (SSSR count). The van der Waals surface area contributed by atoms with Gasteiger partial charge in [-0.25, -0.2) is 9.37 Å². The molecule has 22 heavy (non-hydrogen) atoms. The lowest BCUT2D eigenvalue weighted by molar-refractivity contribution is 0.246. The summed E-state index contributed by atoms with van der Waals surface area (Å²) in [7, 11) is 0. The summed E-state index contributed by atoms with van der Waals surface area (Å²) < 4.78 is 18.2. The van der Waals surface area contributed by atoms with Crippen LogP contribution in [0.15, 0.2) is 18.2 Å². The van der Waals surface area contributed by atoms with E-state index >= 15 is 0 Å². The van der Waals surface area contributed by atoms with Crippen LogP contribution < -0.4 is 4.90 Å². The Morgan fingerprint density at radius 3 is 2.68 bits per heavy atom. The van der Waals surface area contributed by atoms with Crippen molar-refractivity contribution in [2.45, 2.75) is 19.9 Å². The van der Waals surface area contributed by atoms with Gasteiger partial charge in [-0.3, -0.25) is 4.90 Å². The number of hydrogen-bond acceptors (Lipinski definition) is 5. The highest BCUT2D eigenvalue weighted by Gasteiger charge is 2.21. The normalized spacial score (nSPS) is 16.2. The van der Waals surface area contributed by atoms with Gasteiger partial charge in [0.2, 0.25) is 5.13 Å². The number of hydrogen-bond donors (Lipinski definition) is 0. The van der Waals surface area contributed by atoms with Crippen LogP contribution in [-0.4, -0.2) is 40.4 Å².